The van der Waals surface area contributed by atoms with E-state index in [-0.39, 0.29) is 19.0 Å². The normalized spacial score (nSPS) is 9.63. The molecular formula is C12H17Cl2N2O3-. The summed E-state index contributed by atoms with van der Waals surface area (Å²) in [5.74, 6) is 0.293. The molecule has 108 valence electrons. The number of carbonyl (C=O) groups is 1. The molecule has 19 heavy (non-hydrogen) atoms. The lowest BCUT2D eigenvalue weighted by Crippen LogP contribution is -3.00. The monoisotopic (exact) mass is 307 g/mol. The first-order chi connectivity index (χ1) is 8.58. The van der Waals surface area contributed by atoms with Crippen LogP contribution >= 0.6 is 11.6 Å². The van der Waals surface area contributed by atoms with Crippen LogP contribution < -0.4 is 32.9 Å². The molecule has 0 atom stereocenters. The van der Waals surface area contributed by atoms with Crippen LogP contribution in [-0.4, -0.2) is 26.2 Å². The van der Waals surface area contributed by atoms with Crippen molar-refractivity contribution in [3.63, 3.8) is 0 Å². The third-order valence-corrected chi connectivity index (χ3v) is 2.39. The number of benzene rings is 1. The Bertz CT molecular complexity index is 428. The molecule has 0 aliphatic rings. The van der Waals surface area contributed by atoms with Gasteiger partial charge >= 0.3 is 0 Å². The molecule has 0 bridgehead atoms. The summed E-state index contributed by atoms with van der Waals surface area (Å²) in [6.45, 7) is 2.77. The van der Waals surface area contributed by atoms with Crippen molar-refractivity contribution in [2.24, 2.45) is 5.73 Å². The molecule has 5 nitrogen and oxygen atoms in total. The number of nitrogens with two attached hydrogens (primary N) is 1. The molecule has 3 N–H and O–H groups in total. The third-order valence-electron chi connectivity index (χ3n) is 2.11. The van der Waals surface area contributed by atoms with Crippen molar-refractivity contribution < 1.29 is 26.7 Å². The molecule has 0 heterocycles. The van der Waals surface area contributed by atoms with Crippen LogP contribution in [0, 0.1) is 0 Å². The molecule has 1 aromatic rings. The predicted octanol–water partition coefficient (Wildman–Crippen LogP) is -1.67. The molecule has 0 spiro atoms. The molecule has 0 aliphatic carbocycles. The zero-order valence-corrected chi connectivity index (χ0v) is 12.3. The Morgan fingerprint density at radius 2 is 2.11 bits per heavy atom. The van der Waals surface area contributed by atoms with Crippen molar-refractivity contribution in [1.29, 1.82) is 0 Å². The topological polar surface area (TPSA) is 73.6 Å². The van der Waals surface area contributed by atoms with E-state index in [0.717, 1.165) is 5.56 Å². The van der Waals surface area contributed by atoms with E-state index in [0.29, 0.717) is 29.7 Å². The molecule has 0 aromatic heterocycles. The number of nitrogens with one attached hydrogen (secondary N) is 1. The fraction of sp³-hybridized carbons (Fsp3) is 0.417. The van der Waals surface area contributed by atoms with E-state index in [9.17, 15) is 4.79 Å². The van der Waals surface area contributed by atoms with E-state index >= 15 is 0 Å². The maximum absolute atomic E-state index is 10.7. The summed E-state index contributed by atoms with van der Waals surface area (Å²) in [4.78, 5) is 10.7. The molecule has 0 saturated heterocycles. The highest BCUT2D eigenvalue weighted by Gasteiger charge is 2.13. The van der Waals surface area contributed by atoms with Crippen molar-refractivity contribution in [3.8, 4) is 11.5 Å². The average Bonchev–Trinajstić information content (AvgIpc) is 2.28. The zero-order chi connectivity index (χ0) is 13.5. The van der Waals surface area contributed by atoms with Crippen molar-refractivity contribution in [1.82, 2.24) is 5.32 Å². The van der Waals surface area contributed by atoms with Crippen LogP contribution in [0.2, 0.25) is 5.02 Å². The average molecular weight is 308 g/mol. The van der Waals surface area contributed by atoms with E-state index in [1.54, 1.807) is 6.07 Å². The lowest BCUT2D eigenvalue weighted by Gasteiger charge is -2.14. The Balaban J connectivity index is 0.00000324. The van der Waals surface area contributed by atoms with Crippen LogP contribution in [0.15, 0.2) is 12.1 Å². The molecule has 1 aromatic carbocycles. The van der Waals surface area contributed by atoms with Gasteiger partial charge in [0.1, 0.15) is 0 Å². The maximum Gasteiger partial charge on any atom is 0.255 e. The number of halogens is 2. The standard InChI is InChI=1S/C12H17ClN2O3.ClH/c1-3-17-10-5-8(6-15-2)4-9(13)12(10)18-7-11(14)16;/h4-5,15H,3,6-7H2,1-2H3,(H2,14,16);1H/p-1. The van der Waals surface area contributed by atoms with E-state index in [4.69, 9.17) is 26.8 Å². The van der Waals surface area contributed by atoms with Gasteiger partial charge in [-0.25, -0.2) is 0 Å². The minimum absolute atomic E-state index is 0. The maximum atomic E-state index is 10.7. The van der Waals surface area contributed by atoms with Crippen molar-refractivity contribution in [2.75, 3.05) is 20.3 Å². The van der Waals surface area contributed by atoms with Gasteiger partial charge in [0.15, 0.2) is 18.1 Å². The van der Waals surface area contributed by atoms with Crippen LogP contribution in [0.25, 0.3) is 0 Å². The molecule has 0 radical (unpaired) electrons. The fourth-order valence-electron chi connectivity index (χ4n) is 1.47. The number of amides is 1. The van der Waals surface area contributed by atoms with Gasteiger partial charge in [-0.3, -0.25) is 4.79 Å². The molecule has 0 saturated carbocycles. The Morgan fingerprint density at radius 3 is 2.63 bits per heavy atom. The second-order valence-corrected chi connectivity index (χ2v) is 4.03. The fourth-order valence-corrected chi connectivity index (χ4v) is 1.76. The minimum Gasteiger partial charge on any atom is -1.00 e. The number of rotatable bonds is 7. The van der Waals surface area contributed by atoms with E-state index in [1.165, 1.54) is 0 Å². The van der Waals surface area contributed by atoms with Gasteiger partial charge in [-0.2, -0.15) is 0 Å². The smallest absolute Gasteiger partial charge is 0.255 e. The molecule has 0 fully saturated rings. The molecule has 1 rings (SSSR count). The van der Waals surface area contributed by atoms with Gasteiger partial charge < -0.3 is 32.9 Å². The first-order valence-corrected chi connectivity index (χ1v) is 5.97. The summed E-state index contributed by atoms with van der Waals surface area (Å²) in [7, 11) is 1.84. The second kappa shape index (κ2) is 8.85. The van der Waals surface area contributed by atoms with Crippen LogP contribution in [0.4, 0.5) is 0 Å². The summed E-state index contributed by atoms with van der Waals surface area (Å²) in [6.07, 6.45) is 0. The van der Waals surface area contributed by atoms with Crippen molar-refractivity contribution in [2.45, 2.75) is 13.5 Å². The highest BCUT2D eigenvalue weighted by atomic mass is 35.5. The summed E-state index contributed by atoms with van der Waals surface area (Å²) in [5, 5.41) is 3.42. The number of hydrogen-bond donors (Lipinski definition) is 2. The largest absolute Gasteiger partial charge is 1.00 e. The highest BCUT2D eigenvalue weighted by molar-refractivity contribution is 6.32. The van der Waals surface area contributed by atoms with Crippen LogP contribution in [0.1, 0.15) is 12.5 Å². The SMILES string of the molecule is CCOc1cc(CNC)cc(Cl)c1OCC(N)=O.[Cl-]. The molecule has 1 amide bonds. The van der Waals surface area contributed by atoms with Gasteiger partial charge in [0.25, 0.3) is 5.91 Å². The van der Waals surface area contributed by atoms with Crippen molar-refractivity contribution in [3.05, 3.63) is 22.7 Å². The number of primary amides is 1. The lowest BCUT2D eigenvalue weighted by atomic mass is 10.2. The molecule has 7 heteroatoms. The summed E-state index contributed by atoms with van der Waals surface area (Å²) >= 11 is 6.10. The van der Waals surface area contributed by atoms with E-state index in [1.807, 2.05) is 20.0 Å². The van der Waals surface area contributed by atoms with Gasteiger partial charge in [0, 0.05) is 6.54 Å². The predicted molar refractivity (Wildman–Crippen MR) is 70.1 cm³/mol. The third kappa shape index (κ3) is 5.55. The second-order valence-electron chi connectivity index (χ2n) is 3.62. The summed E-state index contributed by atoms with van der Waals surface area (Å²) < 4.78 is 10.7. The Hall–Kier alpha value is -1.17. The van der Waals surface area contributed by atoms with Crippen LogP contribution in [0.3, 0.4) is 0 Å². The number of carbonyl (C=O) groups excluding carboxylic acids is 1. The molecular weight excluding hydrogens is 291 g/mol. The van der Waals surface area contributed by atoms with Gasteiger partial charge in [-0.05, 0) is 31.7 Å². The Labute approximate surface area is 123 Å². The molecule has 0 unspecified atom stereocenters. The van der Waals surface area contributed by atoms with E-state index in [2.05, 4.69) is 5.32 Å². The Morgan fingerprint density at radius 1 is 1.42 bits per heavy atom. The van der Waals surface area contributed by atoms with Gasteiger partial charge in [0.05, 0.1) is 11.6 Å². The highest BCUT2D eigenvalue weighted by Crippen LogP contribution is 2.36. The number of ether oxygens (including phenoxy) is 2. The summed E-state index contributed by atoms with van der Waals surface area (Å²) in [6, 6.07) is 3.58. The zero-order valence-electron chi connectivity index (χ0n) is 10.8. The number of hydrogen-bond acceptors (Lipinski definition) is 4. The van der Waals surface area contributed by atoms with Gasteiger partial charge in [-0.15, -0.1) is 0 Å². The minimum atomic E-state index is -0.562. The first-order valence-electron chi connectivity index (χ1n) is 5.59. The van der Waals surface area contributed by atoms with Crippen LogP contribution in [0.5, 0.6) is 11.5 Å². The quantitative estimate of drug-likeness (QED) is 0.631. The van der Waals surface area contributed by atoms with Crippen LogP contribution in [-0.2, 0) is 11.3 Å². The van der Waals surface area contributed by atoms with Gasteiger partial charge in [-0.1, -0.05) is 11.6 Å². The van der Waals surface area contributed by atoms with E-state index < -0.39 is 5.91 Å². The molecule has 0 aliphatic heterocycles. The van der Waals surface area contributed by atoms with Gasteiger partial charge in [0.2, 0.25) is 0 Å². The first kappa shape index (κ1) is 17.8. The summed E-state index contributed by atoms with van der Waals surface area (Å²) in [5.41, 5.74) is 6.00. The lowest BCUT2D eigenvalue weighted by molar-refractivity contribution is -0.119. The Kier molecular flexibility index (Phi) is 8.30. The van der Waals surface area contributed by atoms with Crippen molar-refractivity contribution >= 4 is 17.5 Å².